The number of benzene rings is 2. The van der Waals surface area contributed by atoms with Gasteiger partial charge in [0.1, 0.15) is 0 Å². The highest BCUT2D eigenvalue weighted by Crippen LogP contribution is 2.19. The number of amides is 2. The minimum atomic E-state index is -0.235. The molecule has 2 aromatic carbocycles. The Hall–Kier alpha value is -3.56. The first-order chi connectivity index (χ1) is 14.6. The maximum absolute atomic E-state index is 12.4. The van der Waals surface area contributed by atoms with E-state index in [0.717, 1.165) is 5.69 Å². The van der Waals surface area contributed by atoms with Gasteiger partial charge in [0.25, 0.3) is 5.91 Å². The Kier molecular flexibility index (Phi) is 5.82. The van der Waals surface area contributed by atoms with Crippen LogP contribution in [0.3, 0.4) is 0 Å². The third kappa shape index (κ3) is 4.70. The summed E-state index contributed by atoms with van der Waals surface area (Å²) in [6.45, 7) is 0. The number of hydrogen-bond acceptors (Lipinski definition) is 5. The molecule has 2 amide bonds. The predicted octanol–water partition coefficient (Wildman–Crippen LogP) is 4.42. The molecule has 3 N–H and O–H groups in total. The highest BCUT2D eigenvalue weighted by Gasteiger charge is 2.11. The van der Waals surface area contributed by atoms with Crippen LogP contribution in [0.2, 0.25) is 0 Å². The summed E-state index contributed by atoms with van der Waals surface area (Å²) >= 11 is 6.51. The smallest absolute Gasteiger partial charge is 0.257 e. The molecule has 0 spiro atoms. The molecule has 0 saturated heterocycles. The number of hydrogen-bond donors (Lipinski definition) is 3. The van der Waals surface area contributed by atoms with Gasteiger partial charge in [0.15, 0.2) is 9.90 Å². The Bertz CT molecular complexity index is 1240. The molecule has 0 fully saturated rings. The van der Waals surface area contributed by atoms with E-state index in [2.05, 4.69) is 20.6 Å². The van der Waals surface area contributed by atoms with Crippen molar-refractivity contribution in [1.82, 2.24) is 14.5 Å². The second-order valence-corrected chi connectivity index (χ2v) is 7.62. The van der Waals surface area contributed by atoms with E-state index in [1.54, 1.807) is 35.8 Å². The maximum atomic E-state index is 12.4. The Labute approximate surface area is 181 Å². The van der Waals surface area contributed by atoms with Crippen molar-refractivity contribution in [3.05, 3.63) is 88.4 Å². The molecule has 0 unspecified atom stereocenters. The Morgan fingerprint density at radius 3 is 2.70 bits per heavy atom. The summed E-state index contributed by atoms with van der Waals surface area (Å²) in [5.74, 6) is -0.433. The lowest BCUT2D eigenvalue weighted by molar-refractivity contribution is -0.115. The molecule has 30 heavy (non-hydrogen) atoms. The van der Waals surface area contributed by atoms with Crippen LogP contribution in [0.25, 0.3) is 5.69 Å². The van der Waals surface area contributed by atoms with Crippen molar-refractivity contribution in [3.63, 3.8) is 0 Å². The van der Waals surface area contributed by atoms with Gasteiger partial charge in [-0.2, -0.15) is 0 Å². The zero-order valence-electron chi connectivity index (χ0n) is 15.7. The number of nitrogens with zero attached hydrogens (tertiary/aromatic N) is 2. The summed E-state index contributed by atoms with van der Waals surface area (Å²) in [6.07, 6.45) is 3.68. The normalized spacial score (nSPS) is 10.5. The molecular formula is C21H17N5O2S2. The van der Waals surface area contributed by atoms with Gasteiger partial charge in [-0.3, -0.25) is 19.5 Å². The van der Waals surface area contributed by atoms with Crippen molar-refractivity contribution in [3.8, 4) is 5.69 Å². The van der Waals surface area contributed by atoms with Crippen molar-refractivity contribution < 1.29 is 9.59 Å². The summed E-state index contributed by atoms with van der Waals surface area (Å²) in [4.78, 5) is 31.9. The van der Waals surface area contributed by atoms with Crippen LogP contribution in [-0.4, -0.2) is 26.3 Å². The van der Waals surface area contributed by atoms with Gasteiger partial charge in [-0.15, -0.1) is 11.3 Å². The Morgan fingerprint density at radius 2 is 1.93 bits per heavy atom. The molecular weight excluding hydrogens is 418 g/mol. The number of aromatic nitrogens is 3. The average Bonchev–Trinajstić information content (AvgIpc) is 3.37. The number of imidazole rings is 1. The molecule has 0 aliphatic rings. The second-order valence-electron chi connectivity index (χ2n) is 6.37. The number of H-pyrrole nitrogens is 1. The summed E-state index contributed by atoms with van der Waals surface area (Å²) in [5.41, 5.74) is 2.64. The molecule has 2 heterocycles. The molecule has 0 saturated carbocycles. The molecule has 9 heteroatoms. The molecule has 7 nitrogen and oxygen atoms in total. The topological polar surface area (TPSA) is 91.8 Å². The van der Waals surface area contributed by atoms with Gasteiger partial charge in [-0.1, -0.05) is 24.3 Å². The third-order valence-electron chi connectivity index (χ3n) is 4.21. The van der Waals surface area contributed by atoms with Crippen molar-refractivity contribution >= 4 is 46.2 Å². The van der Waals surface area contributed by atoms with Crippen molar-refractivity contribution in [1.29, 1.82) is 0 Å². The third-order valence-corrected chi connectivity index (χ3v) is 5.33. The largest absolute Gasteiger partial charge is 0.337 e. The molecule has 0 atom stereocenters. The van der Waals surface area contributed by atoms with E-state index >= 15 is 0 Å². The second kappa shape index (κ2) is 8.85. The summed E-state index contributed by atoms with van der Waals surface area (Å²) in [7, 11) is 0. The Morgan fingerprint density at radius 1 is 1.10 bits per heavy atom. The molecule has 2 aromatic heterocycles. The lowest BCUT2D eigenvalue weighted by atomic mass is 10.2. The molecule has 4 aromatic rings. The lowest BCUT2D eigenvalue weighted by Crippen LogP contribution is -2.15. The van der Waals surface area contributed by atoms with Crippen molar-refractivity contribution in [2.45, 2.75) is 6.42 Å². The van der Waals surface area contributed by atoms with Gasteiger partial charge in [0.2, 0.25) is 5.91 Å². The maximum Gasteiger partial charge on any atom is 0.257 e. The number of anilines is 2. The quantitative estimate of drug-likeness (QED) is 0.391. The van der Waals surface area contributed by atoms with E-state index in [4.69, 9.17) is 12.2 Å². The van der Waals surface area contributed by atoms with E-state index in [1.807, 2.05) is 41.1 Å². The lowest BCUT2D eigenvalue weighted by Gasteiger charge is -2.07. The van der Waals surface area contributed by atoms with Crippen molar-refractivity contribution in [2.24, 2.45) is 0 Å². The summed E-state index contributed by atoms with van der Waals surface area (Å²) in [6, 6.07) is 16.3. The monoisotopic (exact) mass is 435 g/mol. The standard InChI is InChI=1S/C21H17N5O2S2/c27-18(23-15-7-4-8-17(11-15)26-10-9-22-21(26)29)12-16-13-30-20(24-16)25-19(28)14-5-2-1-3-6-14/h1-11,13H,12H2,(H,22,29)(H,23,27)(H,24,25,28). The number of carbonyl (C=O) groups excluding carboxylic acids is 2. The summed E-state index contributed by atoms with van der Waals surface area (Å²) in [5, 5.41) is 7.83. The summed E-state index contributed by atoms with van der Waals surface area (Å²) < 4.78 is 2.39. The highest BCUT2D eigenvalue weighted by molar-refractivity contribution is 7.71. The Balaban J connectivity index is 1.38. The molecule has 4 rings (SSSR count). The fourth-order valence-electron chi connectivity index (χ4n) is 2.83. The van der Waals surface area contributed by atoms with Gasteiger partial charge in [0.05, 0.1) is 12.1 Å². The first-order valence-corrected chi connectivity index (χ1v) is 10.3. The fourth-order valence-corrected chi connectivity index (χ4v) is 3.77. The fraction of sp³-hybridized carbons (Fsp3) is 0.0476. The van der Waals surface area contributed by atoms with Crippen LogP contribution < -0.4 is 10.6 Å². The first kappa shape index (κ1) is 19.7. The molecule has 150 valence electrons. The van der Waals surface area contributed by atoms with E-state index in [0.29, 0.717) is 26.8 Å². The zero-order valence-corrected chi connectivity index (χ0v) is 17.3. The minimum Gasteiger partial charge on any atom is -0.337 e. The van der Waals surface area contributed by atoms with Gasteiger partial charge in [0, 0.05) is 34.7 Å². The van der Waals surface area contributed by atoms with E-state index < -0.39 is 0 Å². The SMILES string of the molecule is O=C(Cc1csc(NC(=O)c2ccccc2)n1)Nc1cccc(-n2cc[nH]c2=S)c1. The molecule has 0 bridgehead atoms. The van der Waals surface area contributed by atoms with Crippen LogP contribution in [-0.2, 0) is 11.2 Å². The predicted molar refractivity (Wildman–Crippen MR) is 120 cm³/mol. The van der Waals surface area contributed by atoms with Gasteiger partial charge < -0.3 is 10.3 Å². The van der Waals surface area contributed by atoms with Crippen LogP contribution in [0, 0.1) is 4.77 Å². The molecule has 0 aliphatic heterocycles. The van der Waals surface area contributed by atoms with Gasteiger partial charge >= 0.3 is 0 Å². The van der Waals surface area contributed by atoms with Gasteiger partial charge in [-0.05, 0) is 42.5 Å². The molecule has 0 aliphatic carbocycles. The van der Waals surface area contributed by atoms with Crippen LogP contribution >= 0.6 is 23.6 Å². The molecule has 0 radical (unpaired) electrons. The van der Waals surface area contributed by atoms with Crippen LogP contribution in [0.5, 0.6) is 0 Å². The number of rotatable bonds is 6. The van der Waals surface area contributed by atoms with Crippen LogP contribution in [0.4, 0.5) is 10.8 Å². The number of aromatic amines is 1. The van der Waals surface area contributed by atoms with Crippen LogP contribution in [0.15, 0.2) is 72.4 Å². The van der Waals surface area contributed by atoms with Crippen LogP contribution in [0.1, 0.15) is 16.1 Å². The van der Waals surface area contributed by atoms with Gasteiger partial charge in [-0.25, -0.2) is 4.98 Å². The first-order valence-electron chi connectivity index (χ1n) is 9.05. The number of carbonyl (C=O) groups is 2. The number of nitrogens with one attached hydrogen (secondary N) is 3. The zero-order chi connectivity index (χ0) is 20.9. The van der Waals surface area contributed by atoms with E-state index in [1.165, 1.54) is 11.3 Å². The van der Waals surface area contributed by atoms with E-state index in [9.17, 15) is 9.59 Å². The minimum absolute atomic E-state index is 0.103. The average molecular weight is 436 g/mol. The van der Waals surface area contributed by atoms with Crippen molar-refractivity contribution in [2.75, 3.05) is 10.6 Å². The van der Waals surface area contributed by atoms with E-state index in [-0.39, 0.29) is 18.2 Å². The highest BCUT2D eigenvalue weighted by atomic mass is 32.1. The number of thiazole rings is 1.